The van der Waals surface area contributed by atoms with Gasteiger partial charge in [0, 0.05) is 22.8 Å². The lowest BCUT2D eigenvalue weighted by molar-refractivity contribution is 0.0695. The van der Waals surface area contributed by atoms with Crippen LogP contribution in [0.2, 0.25) is 0 Å². The summed E-state index contributed by atoms with van der Waals surface area (Å²) in [5.74, 6) is -0.914. The summed E-state index contributed by atoms with van der Waals surface area (Å²) >= 11 is 1.78. The minimum Gasteiger partial charge on any atom is -0.478 e. The number of nitrogens with zero attached hydrogens (tertiary/aromatic N) is 1. The molecule has 2 N–H and O–H groups in total. The standard InChI is InChI=1S/C15H18N2O2S/c1-3-14-13(15(18)19)7-5-11(17-14)8-16-9-12-6-4-10(2)20-12/h4-7,16H,3,8-9H2,1-2H3,(H,18,19). The van der Waals surface area contributed by atoms with Crippen molar-refractivity contribution in [3.63, 3.8) is 0 Å². The van der Waals surface area contributed by atoms with Gasteiger partial charge in [-0.3, -0.25) is 4.98 Å². The number of aromatic carboxylic acids is 1. The number of thiophene rings is 1. The maximum Gasteiger partial charge on any atom is 0.337 e. The second kappa shape index (κ2) is 6.63. The van der Waals surface area contributed by atoms with Crippen molar-refractivity contribution in [2.24, 2.45) is 0 Å². The van der Waals surface area contributed by atoms with Crippen LogP contribution in [0.3, 0.4) is 0 Å². The van der Waals surface area contributed by atoms with Crippen LogP contribution in [-0.2, 0) is 19.5 Å². The molecule has 0 aliphatic rings. The average molecular weight is 290 g/mol. The van der Waals surface area contributed by atoms with E-state index < -0.39 is 5.97 Å². The second-order valence-corrected chi connectivity index (χ2v) is 5.94. The highest BCUT2D eigenvalue weighted by atomic mass is 32.1. The van der Waals surface area contributed by atoms with E-state index in [1.807, 2.05) is 6.92 Å². The van der Waals surface area contributed by atoms with Crippen LogP contribution in [-0.4, -0.2) is 16.1 Å². The highest BCUT2D eigenvalue weighted by molar-refractivity contribution is 7.11. The van der Waals surface area contributed by atoms with Crippen LogP contribution >= 0.6 is 11.3 Å². The zero-order valence-electron chi connectivity index (χ0n) is 11.6. The topological polar surface area (TPSA) is 62.2 Å². The van der Waals surface area contributed by atoms with Crippen LogP contribution in [0.15, 0.2) is 24.3 Å². The minimum absolute atomic E-state index is 0.296. The first-order valence-electron chi connectivity index (χ1n) is 6.58. The molecule has 0 atom stereocenters. The van der Waals surface area contributed by atoms with Gasteiger partial charge in [-0.15, -0.1) is 11.3 Å². The van der Waals surface area contributed by atoms with Crippen molar-refractivity contribution >= 4 is 17.3 Å². The SMILES string of the molecule is CCc1nc(CNCc2ccc(C)s2)ccc1C(=O)O. The van der Waals surface area contributed by atoms with E-state index in [0.717, 1.165) is 12.2 Å². The first-order chi connectivity index (χ1) is 9.60. The lowest BCUT2D eigenvalue weighted by Gasteiger charge is -2.07. The Morgan fingerprint density at radius 3 is 2.70 bits per heavy atom. The predicted octanol–water partition coefficient (Wildman–Crippen LogP) is 3.00. The number of aryl methyl sites for hydroxylation is 2. The van der Waals surface area contributed by atoms with Crippen molar-refractivity contribution in [2.45, 2.75) is 33.4 Å². The van der Waals surface area contributed by atoms with E-state index in [2.05, 4.69) is 29.4 Å². The largest absolute Gasteiger partial charge is 0.478 e. The highest BCUT2D eigenvalue weighted by Gasteiger charge is 2.10. The summed E-state index contributed by atoms with van der Waals surface area (Å²) in [7, 11) is 0. The van der Waals surface area contributed by atoms with Gasteiger partial charge in [0.2, 0.25) is 0 Å². The van der Waals surface area contributed by atoms with E-state index in [4.69, 9.17) is 5.11 Å². The minimum atomic E-state index is -0.914. The molecule has 2 rings (SSSR count). The molecule has 0 saturated heterocycles. The maximum atomic E-state index is 11.0. The van der Waals surface area contributed by atoms with Crippen LogP contribution in [0.1, 0.15) is 38.4 Å². The molecule has 0 aliphatic carbocycles. The van der Waals surface area contributed by atoms with Crippen molar-refractivity contribution in [3.8, 4) is 0 Å². The number of carboxylic acids is 1. The van der Waals surface area contributed by atoms with Crippen LogP contribution in [0.4, 0.5) is 0 Å². The fourth-order valence-corrected chi connectivity index (χ4v) is 2.86. The van der Waals surface area contributed by atoms with E-state index in [1.54, 1.807) is 23.5 Å². The lowest BCUT2D eigenvalue weighted by atomic mass is 10.1. The summed E-state index contributed by atoms with van der Waals surface area (Å²) in [5, 5.41) is 12.4. The van der Waals surface area contributed by atoms with Gasteiger partial charge in [-0.25, -0.2) is 4.79 Å². The average Bonchev–Trinajstić information content (AvgIpc) is 2.84. The molecule has 0 amide bonds. The molecule has 2 aromatic rings. The Bertz CT molecular complexity index is 608. The number of carboxylic acid groups (broad SMARTS) is 1. The van der Waals surface area contributed by atoms with Gasteiger partial charge in [-0.05, 0) is 37.6 Å². The van der Waals surface area contributed by atoms with E-state index in [9.17, 15) is 4.79 Å². The Morgan fingerprint density at radius 1 is 1.30 bits per heavy atom. The first-order valence-corrected chi connectivity index (χ1v) is 7.40. The molecule has 2 aromatic heterocycles. The van der Waals surface area contributed by atoms with Crippen LogP contribution in [0, 0.1) is 6.92 Å². The molecule has 4 nitrogen and oxygen atoms in total. The highest BCUT2D eigenvalue weighted by Crippen LogP contribution is 2.15. The van der Waals surface area contributed by atoms with E-state index >= 15 is 0 Å². The quantitative estimate of drug-likeness (QED) is 0.858. The smallest absolute Gasteiger partial charge is 0.337 e. The molecule has 0 unspecified atom stereocenters. The number of hydrogen-bond acceptors (Lipinski definition) is 4. The molecule has 0 aliphatic heterocycles. The van der Waals surface area contributed by atoms with Crippen molar-refractivity contribution in [2.75, 3.05) is 0 Å². The molecular weight excluding hydrogens is 272 g/mol. The molecule has 0 aromatic carbocycles. The van der Waals surface area contributed by atoms with E-state index in [0.29, 0.717) is 24.2 Å². The molecule has 0 radical (unpaired) electrons. The molecule has 106 valence electrons. The molecule has 2 heterocycles. The third kappa shape index (κ3) is 3.65. The first kappa shape index (κ1) is 14.7. The van der Waals surface area contributed by atoms with Gasteiger partial charge in [0.1, 0.15) is 0 Å². The summed E-state index contributed by atoms with van der Waals surface area (Å²) in [4.78, 5) is 18.0. The molecular formula is C15H18N2O2S. The van der Waals surface area contributed by atoms with Gasteiger partial charge >= 0.3 is 5.97 Å². The second-order valence-electron chi connectivity index (χ2n) is 4.57. The Morgan fingerprint density at radius 2 is 2.10 bits per heavy atom. The predicted molar refractivity (Wildman–Crippen MR) is 80.2 cm³/mol. The number of nitrogens with one attached hydrogen (secondary N) is 1. The van der Waals surface area contributed by atoms with E-state index in [-0.39, 0.29) is 0 Å². The van der Waals surface area contributed by atoms with Gasteiger partial charge in [0.05, 0.1) is 17.0 Å². The summed E-state index contributed by atoms with van der Waals surface area (Å²) in [6.45, 7) is 5.46. The Labute approximate surface area is 122 Å². The number of pyridine rings is 1. The third-order valence-corrected chi connectivity index (χ3v) is 4.00. The molecule has 0 bridgehead atoms. The van der Waals surface area contributed by atoms with Crippen molar-refractivity contribution in [1.29, 1.82) is 0 Å². The molecule has 0 fully saturated rings. The fraction of sp³-hybridized carbons (Fsp3) is 0.333. The number of rotatable bonds is 6. The number of hydrogen-bond donors (Lipinski definition) is 2. The lowest BCUT2D eigenvalue weighted by Crippen LogP contribution is -2.14. The van der Waals surface area contributed by atoms with Gasteiger partial charge in [0.25, 0.3) is 0 Å². The normalized spacial score (nSPS) is 10.7. The van der Waals surface area contributed by atoms with Gasteiger partial charge in [-0.1, -0.05) is 6.92 Å². The van der Waals surface area contributed by atoms with Crippen LogP contribution in [0.5, 0.6) is 0 Å². The summed E-state index contributed by atoms with van der Waals surface area (Å²) in [6, 6.07) is 7.64. The van der Waals surface area contributed by atoms with Gasteiger partial charge < -0.3 is 10.4 Å². The summed E-state index contributed by atoms with van der Waals surface area (Å²) < 4.78 is 0. The van der Waals surface area contributed by atoms with Gasteiger partial charge in [0.15, 0.2) is 0 Å². The molecule has 5 heteroatoms. The maximum absolute atomic E-state index is 11.0. The molecule has 0 saturated carbocycles. The zero-order chi connectivity index (χ0) is 14.5. The van der Waals surface area contributed by atoms with Crippen molar-refractivity contribution < 1.29 is 9.90 Å². The molecule has 20 heavy (non-hydrogen) atoms. The number of aromatic nitrogens is 1. The van der Waals surface area contributed by atoms with Gasteiger partial charge in [-0.2, -0.15) is 0 Å². The Hall–Kier alpha value is -1.72. The number of carbonyl (C=O) groups is 1. The third-order valence-electron chi connectivity index (χ3n) is 3.00. The van der Waals surface area contributed by atoms with E-state index in [1.165, 1.54) is 9.75 Å². The summed E-state index contributed by atoms with van der Waals surface area (Å²) in [5.41, 5.74) is 1.81. The van der Waals surface area contributed by atoms with Crippen LogP contribution in [0.25, 0.3) is 0 Å². The zero-order valence-corrected chi connectivity index (χ0v) is 12.5. The Balaban J connectivity index is 1.97. The van der Waals surface area contributed by atoms with Crippen molar-refractivity contribution in [1.82, 2.24) is 10.3 Å². The fourth-order valence-electron chi connectivity index (χ4n) is 2.00. The van der Waals surface area contributed by atoms with Crippen LogP contribution < -0.4 is 5.32 Å². The summed E-state index contributed by atoms with van der Waals surface area (Å²) in [6.07, 6.45) is 0.625. The monoisotopic (exact) mass is 290 g/mol. The Kier molecular flexibility index (Phi) is 4.87. The van der Waals surface area contributed by atoms with Crippen molar-refractivity contribution in [3.05, 3.63) is 51.0 Å². The molecule has 0 spiro atoms.